The molecule has 0 fully saturated rings. The van der Waals surface area contributed by atoms with Crippen molar-refractivity contribution in [2.24, 2.45) is 5.73 Å². The first-order valence-electron chi connectivity index (χ1n) is 5.64. The Labute approximate surface area is 99.6 Å². The summed E-state index contributed by atoms with van der Waals surface area (Å²) >= 11 is 0. The monoisotopic (exact) mass is 232 g/mol. The topological polar surface area (TPSA) is 72.4 Å². The summed E-state index contributed by atoms with van der Waals surface area (Å²) in [6.45, 7) is 2.51. The molecule has 17 heavy (non-hydrogen) atoms. The first-order chi connectivity index (χ1) is 8.20. The third kappa shape index (κ3) is 2.62. The summed E-state index contributed by atoms with van der Waals surface area (Å²) in [5.74, 6) is -0.00688. The Morgan fingerprint density at radius 3 is 3.12 bits per heavy atom. The quantitative estimate of drug-likeness (QED) is 0.835. The number of amides is 1. The third-order valence-corrected chi connectivity index (χ3v) is 2.58. The van der Waals surface area contributed by atoms with Crippen LogP contribution in [0.25, 0.3) is 5.65 Å². The van der Waals surface area contributed by atoms with E-state index in [0.717, 1.165) is 17.0 Å². The molecule has 2 aromatic heterocycles. The van der Waals surface area contributed by atoms with Gasteiger partial charge in [0, 0.05) is 24.5 Å². The predicted octanol–water partition coefficient (Wildman–Crippen LogP) is 1.32. The summed E-state index contributed by atoms with van der Waals surface area (Å²) in [4.78, 5) is 15.8. The van der Waals surface area contributed by atoms with Crippen LogP contribution < -0.4 is 11.1 Å². The highest BCUT2D eigenvalue weighted by Crippen LogP contribution is 2.12. The number of pyridine rings is 1. The van der Waals surface area contributed by atoms with Crippen molar-refractivity contribution in [3.63, 3.8) is 0 Å². The van der Waals surface area contributed by atoms with E-state index >= 15 is 0 Å². The van der Waals surface area contributed by atoms with Crippen LogP contribution in [-0.2, 0) is 4.79 Å². The number of imidazole rings is 1. The zero-order valence-electron chi connectivity index (χ0n) is 9.81. The number of aryl methyl sites for hydroxylation is 1. The Kier molecular flexibility index (Phi) is 3.39. The van der Waals surface area contributed by atoms with Crippen molar-refractivity contribution in [3.8, 4) is 0 Å². The van der Waals surface area contributed by atoms with Gasteiger partial charge in [-0.1, -0.05) is 0 Å². The number of nitrogens with two attached hydrogens (primary N) is 1. The average Bonchev–Trinajstić information content (AvgIpc) is 2.68. The van der Waals surface area contributed by atoms with Gasteiger partial charge in [0.25, 0.3) is 0 Å². The van der Waals surface area contributed by atoms with Crippen molar-refractivity contribution in [2.75, 3.05) is 11.9 Å². The molecule has 0 saturated carbocycles. The van der Waals surface area contributed by atoms with E-state index in [1.165, 1.54) is 0 Å². The van der Waals surface area contributed by atoms with E-state index in [1.807, 2.05) is 29.7 Å². The van der Waals surface area contributed by atoms with Crippen molar-refractivity contribution in [1.29, 1.82) is 0 Å². The molecule has 3 N–H and O–H groups in total. The molecule has 0 radical (unpaired) electrons. The fraction of sp³-hybridized carbons (Fsp3) is 0.333. The van der Waals surface area contributed by atoms with E-state index < -0.39 is 0 Å². The largest absolute Gasteiger partial charge is 0.330 e. The summed E-state index contributed by atoms with van der Waals surface area (Å²) in [5.41, 5.74) is 8.05. The summed E-state index contributed by atoms with van der Waals surface area (Å²) in [6.07, 6.45) is 4.84. The maximum atomic E-state index is 11.5. The highest BCUT2D eigenvalue weighted by atomic mass is 16.1. The Morgan fingerprint density at radius 1 is 1.53 bits per heavy atom. The molecule has 2 rings (SSSR count). The zero-order valence-corrected chi connectivity index (χ0v) is 9.81. The van der Waals surface area contributed by atoms with Crippen LogP contribution >= 0.6 is 0 Å². The van der Waals surface area contributed by atoms with E-state index in [2.05, 4.69) is 10.3 Å². The first-order valence-corrected chi connectivity index (χ1v) is 5.64. The molecular weight excluding hydrogens is 216 g/mol. The van der Waals surface area contributed by atoms with Crippen LogP contribution in [0.4, 0.5) is 5.69 Å². The van der Waals surface area contributed by atoms with Crippen LogP contribution in [0.1, 0.15) is 18.5 Å². The lowest BCUT2D eigenvalue weighted by Gasteiger charge is -2.05. The smallest absolute Gasteiger partial charge is 0.224 e. The maximum Gasteiger partial charge on any atom is 0.224 e. The van der Waals surface area contributed by atoms with Gasteiger partial charge in [-0.25, -0.2) is 4.98 Å². The van der Waals surface area contributed by atoms with Crippen molar-refractivity contribution in [2.45, 2.75) is 19.8 Å². The minimum absolute atomic E-state index is 0.00688. The molecule has 0 unspecified atom stereocenters. The molecule has 0 saturated heterocycles. The summed E-state index contributed by atoms with van der Waals surface area (Å²) in [7, 11) is 0. The first kappa shape index (κ1) is 11.6. The number of anilines is 1. The van der Waals surface area contributed by atoms with Gasteiger partial charge in [0.2, 0.25) is 5.91 Å². The SMILES string of the molecule is Cc1cnc2ccc(NC(=O)CCCN)cn12. The number of carbonyl (C=O) groups is 1. The van der Waals surface area contributed by atoms with Crippen LogP contribution in [0.15, 0.2) is 24.5 Å². The maximum absolute atomic E-state index is 11.5. The van der Waals surface area contributed by atoms with Gasteiger partial charge in [-0.3, -0.25) is 4.79 Å². The highest BCUT2D eigenvalue weighted by Gasteiger charge is 2.04. The van der Waals surface area contributed by atoms with Gasteiger partial charge in [-0.2, -0.15) is 0 Å². The number of rotatable bonds is 4. The van der Waals surface area contributed by atoms with Crippen LogP contribution in [-0.4, -0.2) is 21.8 Å². The van der Waals surface area contributed by atoms with E-state index in [0.29, 0.717) is 19.4 Å². The second-order valence-electron chi connectivity index (χ2n) is 3.99. The zero-order chi connectivity index (χ0) is 12.3. The summed E-state index contributed by atoms with van der Waals surface area (Å²) in [5, 5.41) is 2.84. The minimum atomic E-state index is -0.00688. The van der Waals surface area contributed by atoms with E-state index in [9.17, 15) is 4.79 Å². The summed E-state index contributed by atoms with van der Waals surface area (Å²) < 4.78 is 1.94. The molecule has 2 aromatic rings. The molecule has 2 heterocycles. The van der Waals surface area contributed by atoms with Gasteiger partial charge < -0.3 is 15.5 Å². The normalized spacial score (nSPS) is 10.7. The van der Waals surface area contributed by atoms with Gasteiger partial charge in [-0.15, -0.1) is 0 Å². The van der Waals surface area contributed by atoms with Gasteiger partial charge in [0.1, 0.15) is 5.65 Å². The van der Waals surface area contributed by atoms with Gasteiger partial charge in [0.05, 0.1) is 5.69 Å². The number of hydrogen-bond donors (Lipinski definition) is 2. The van der Waals surface area contributed by atoms with E-state index in [1.54, 1.807) is 6.20 Å². The van der Waals surface area contributed by atoms with Crippen LogP contribution in [0.3, 0.4) is 0 Å². The molecule has 5 heteroatoms. The van der Waals surface area contributed by atoms with Crippen LogP contribution in [0, 0.1) is 6.92 Å². The molecule has 0 spiro atoms. The fourth-order valence-corrected chi connectivity index (χ4v) is 1.66. The lowest BCUT2D eigenvalue weighted by atomic mass is 10.3. The van der Waals surface area contributed by atoms with Crippen LogP contribution in [0.5, 0.6) is 0 Å². The van der Waals surface area contributed by atoms with Crippen molar-refractivity contribution >= 4 is 17.2 Å². The van der Waals surface area contributed by atoms with Gasteiger partial charge >= 0.3 is 0 Å². The number of nitrogens with one attached hydrogen (secondary N) is 1. The summed E-state index contributed by atoms with van der Waals surface area (Å²) in [6, 6.07) is 3.73. The third-order valence-electron chi connectivity index (χ3n) is 2.58. The Morgan fingerprint density at radius 2 is 2.35 bits per heavy atom. The van der Waals surface area contributed by atoms with Crippen molar-refractivity contribution in [1.82, 2.24) is 9.38 Å². The van der Waals surface area contributed by atoms with Gasteiger partial charge in [-0.05, 0) is 32.0 Å². The van der Waals surface area contributed by atoms with Crippen molar-refractivity contribution < 1.29 is 4.79 Å². The predicted molar refractivity (Wildman–Crippen MR) is 66.8 cm³/mol. The molecule has 0 aliphatic rings. The highest BCUT2D eigenvalue weighted by molar-refractivity contribution is 5.90. The molecular formula is C12H16N4O. The fourth-order valence-electron chi connectivity index (χ4n) is 1.66. The second kappa shape index (κ2) is 4.97. The molecule has 0 atom stereocenters. The average molecular weight is 232 g/mol. The Hall–Kier alpha value is -1.88. The lowest BCUT2D eigenvalue weighted by molar-refractivity contribution is -0.116. The number of aromatic nitrogens is 2. The Balaban J connectivity index is 2.13. The standard InChI is InChI=1S/C12H16N4O/c1-9-7-14-11-5-4-10(8-16(9)11)15-12(17)3-2-6-13/h4-5,7-8H,2-3,6,13H2,1H3,(H,15,17). The molecule has 0 aliphatic heterocycles. The van der Waals surface area contributed by atoms with E-state index in [-0.39, 0.29) is 5.91 Å². The van der Waals surface area contributed by atoms with Crippen molar-refractivity contribution in [3.05, 3.63) is 30.2 Å². The minimum Gasteiger partial charge on any atom is -0.330 e. The number of fused-ring (bicyclic) bond motifs is 1. The molecule has 0 aromatic carbocycles. The lowest BCUT2D eigenvalue weighted by Crippen LogP contribution is -2.13. The van der Waals surface area contributed by atoms with Gasteiger partial charge in [0.15, 0.2) is 0 Å². The molecule has 90 valence electrons. The van der Waals surface area contributed by atoms with E-state index in [4.69, 9.17) is 5.73 Å². The number of carbonyl (C=O) groups excluding carboxylic acids is 1. The molecule has 0 aliphatic carbocycles. The molecule has 1 amide bonds. The molecule has 5 nitrogen and oxygen atoms in total. The Bertz CT molecular complexity index is 532. The number of nitrogens with zero attached hydrogens (tertiary/aromatic N) is 2. The second-order valence-corrected chi connectivity index (χ2v) is 3.99. The molecule has 0 bridgehead atoms. The van der Waals surface area contributed by atoms with Crippen LogP contribution in [0.2, 0.25) is 0 Å². The number of hydrogen-bond acceptors (Lipinski definition) is 3.